The van der Waals surface area contributed by atoms with Crippen molar-refractivity contribution < 1.29 is 18.3 Å². The molecular weight excluding hydrogens is 373 g/mol. The van der Waals surface area contributed by atoms with Gasteiger partial charge in [-0.05, 0) is 24.1 Å². The highest BCUT2D eigenvalue weighted by Crippen LogP contribution is 2.33. The molecule has 0 bridgehead atoms. The molecule has 0 aliphatic rings. The molecule has 1 N–H and O–H groups in total. The number of rotatable bonds is 6. The maximum absolute atomic E-state index is 13.3. The Bertz CT molecular complexity index is 922. The van der Waals surface area contributed by atoms with E-state index >= 15 is 0 Å². The van der Waals surface area contributed by atoms with E-state index in [1.807, 2.05) is 25.1 Å². The molecule has 0 unspecified atom stereocenters. The fraction of sp³-hybridized carbons (Fsp3) is 0.250. The molecule has 0 saturated carbocycles. The standard InChI is InChI=1S/C20H19F3N2OS/c1-14-5-4-6-15(9-14)13-27-19-24-10-17(12-26)25(19)11-16-7-2-3-8-18(16)20(21,22)23/h2-10,26H,11-13H2,1H3. The number of benzene rings is 2. The minimum atomic E-state index is -4.43. The zero-order chi connectivity index (χ0) is 19.4. The number of alkyl halides is 3. The summed E-state index contributed by atoms with van der Waals surface area (Å²) in [6.45, 7) is 1.72. The zero-order valence-corrected chi connectivity index (χ0v) is 15.5. The molecule has 0 aliphatic heterocycles. The van der Waals surface area contributed by atoms with Gasteiger partial charge in [0, 0.05) is 5.75 Å². The van der Waals surface area contributed by atoms with E-state index in [-0.39, 0.29) is 18.7 Å². The predicted molar refractivity (Wildman–Crippen MR) is 99.4 cm³/mol. The molecular formula is C20H19F3N2OS. The maximum Gasteiger partial charge on any atom is 0.416 e. The molecule has 1 heterocycles. The average molecular weight is 392 g/mol. The van der Waals surface area contributed by atoms with Crippen LogP contribution < -0.4 is 0 Å². The van der Waals surface area contributed by atoms with Gasteiger partial charge >= 0.3 is 6.18 Å². The lowest BCUT2D eigenvalue weighted by Crippen LogP contribution is -2.13. The van der Waals surface area contributed by atoms with Crippen LogP contribution in [0.25, 0.3) is 0 Å². The quantitative estimate of drug-likeness (QED) is 0.597. The van der Waals surface area contributed by atoms with Crippen LogP contribution in [0.2, 0.25) is 0 Å². The molecule has 3 nitrogen and oxygen atoms in total. The number of aliphatic hydroxyl groups is 1. The molecule has 3 rings (SSSR count). The van der Waals surface area contributed by atoms with Crippen LogP contribution in [-0.4, -0.2) is 14.7 Å². The molecule has 0 aliphatic carbocycles. The van der Waals surface area contributed by atoms with Gasteiger partial charge in [0.05, 0.1) is 30.6 Å². The zero-order valence-electron chi connectivity index (χ0n) is 14.7. The van der Waals surface area contributed by atoms with Gasteiger partial charge in [0.1, 0.15) is 0 Å². The summed E-state index contributed by atoms with van der Waals surface area (Å²) in [7, 11) is 0. The second-order valence-corrected chi connectivity index (χ2v) is 7.15. The van der Waals surface area contributed by atoms with Crippen LogP contribution in [0.1, 0.15) is 27.9 Å². The molecule has 3 aromatic rings. The van der Waals surface area contributed by atoms with Gasteiger partial charge in [-0.1, -0.05) is 59.8 Å². The van der Waals surface area contributed by atoms with E-state index in [2.05, 4.69) is 11.1 Å². The summed E-state index contributed by atoms with van der Waals surface area (Å²) in [5.41, 5.74) is 2.22. The Morgan fingerprint density at radius 3 is 2.59 bits per heavy atom. The fourth-order valence-electron chi connectivity index (χ4n) is 2.86. The normalized spacial score (nSPS) is 11.7. The van der Waals surface area contributed by atoms with E-state index in [0.29, 0.717) is 16.6 Å². The average Bonchev–Trinajstić information content (AvgIpc) is 3.01. The highest BCUT2D eigenvalue weighted by molar-refractivity contribution is 7.98. The molecule has 2 aromatic carbocycles. The largest absolute Gasteiger partial charge is 0.416 e. The van der Waals surface area contributed by atoms with Gasteiger partial charge in [0.15, 0.2) is 5.16 Å². The number of thioether (sulfide) groups is 1. The smallest absolute Gasteiger partial charge is 0.390 e. The van der Waals surface area contributed by atoms with Gasteiger partial charge in [-0.2, -0.15) is 13.2 Å². The molecule has 0 radical (unpaired) electrons. The lowest BCUT2D eigenvalue weighted by Gasteiger charge is -2.16. The van der Waals surface area contributed by atoms with Crippen LogP contribution in [0.4, 0.5) is 13.2 Å². The lowest BCUT2D eigenvalue weighted by atomic mass is 10.1. The van der Waals surface area contributed by atoms with E-state index in [9.17, 15) is 18.3 Å². The van der Waals surface area contributed by atoms with Crippen LogP contribution >= 0.6 is 11.8 Å². The van der Waals surface area contributed by atoms with Crippen LogP contribution in [-0.2, 0) is 25.1 Å². The van der Waals surface area contributed by atoms with Gasteiger partial charge in [-0.25, -0.2) is 4.98 Å². The maximum atomic E-state index is 13.3. The summed E-state index contributed by atoms with van der Waals surface area (Å²) in [6, 6.07) is 13.5. The topological polar surface area (TPSA) is 38.1 Å². The molecule has 0 saturated heterocycles. The molecule has 0 atom stereocenters. The van der Waals surface area contributed by atoms with Crippen molar-refractivity contribution in [2.75, 3.05) is 0 Å². The Balaban J connectivity index is 1.87. The number of imidazole rings is 1. The van der Waals surface area contributed by atoms with Crippen molar-refractivity contribution in [2.45, 2.75) is 37.2 Å². The number of aryl methyl sites for hydroxylation is 1. The van der Waals surface area contributed by atoms with E-state index < -0.39 is 11.7 Å². The van der Waals surface area contributed by atoms with Crippen molar-refractivity contribution in [3.8, 4) is 0 Å². The van der Waals surface area contributed by atoms with Crippen molar-refractivity contribution in [3.63, 3.8) is 0 Å². The number of aliphatic hydroxyl groups excluding tert-OH is 1. The minimum absolute atomic E-state index is 0.00171. The van der Waals surface area contributed by atoms with Crippen LogP contribution in [0.15, 0.2) is 59.9 Å². The monoisotopic (exact) mass is 392 g/mol. The molecule has 27 heavy (non-hydrogen) atoms. The van der Waals surface area contributed by atoms with E-state index in [4.69, 9.17) is 0 Å². The Morgan fingerprint density at radius 2 is 1.89 bits per heavy atom. The van der Waals surface area contributed by atoms with Crippen LogP contribution in [0, 0.1) is 6.92 Å². The first-order valence-corrected chi connectivity index (χ1v) is 9.35. The second kappa shape index (κ2) is 8.19. The van der Waals surface area contributed by atoms with E-state index in [1.165, 1.54) is 30.1 Å². The summed E-state index contributed by atoms with van der Waals surface area (Å²) in [4.78, 5) is 4.30. The Morgan fingerprint density at radius 1 is 1.11 bits per heavy atom. The SMILES string of the molecule is Cc1cccc(CSc2ncc(CO)n2Cc2ccccc2C(F)(F)F)c1. The van der Waals surface area contributed by atoms with E-state index in [1.54, 1.807) is 10.6 Å². The van der Waals surface area contributed by atoms with Crippen molar-refractivity contribution in [1.29, 1.82) is 0 Å². The minimum Gasteiger partial charge on any atom is -0.390 e. The molecule has 0 spiro atoms. The molecule has 1 aromatic heterocycles. The highest BCUT2D eigenvalue weighted by atomic mass is 32.2. The van der Waals surface area contributed by atoms with Crippen LogP contribution in [0.3, 0.4) is 0 Å². The van der Waals surface area contributed by atoms with Gasteiger partial charge in [-0.3, -0.25) is 0 Å². The Kier molecular flexibility index (Phi) is 5.92. The summed E-state index contributed by atoms with van der Waals surface area (Å²) in [5, 5.41) is 10.1. The van der Waals surface area contributed by atoms with Gasteiger partial charge in [0.25, 0.3) is 0 Å². The summed E-state index contributed by atoms with van der Waals surface area (Å²) in [6.07, 6.45) is -2.92. The van der Waals surface area contributed by atoms with Crippen molar-refractivity contribution in [3.05, 3.63) is 82.7 Å². The predicted octanol–water partition coefficient (Wildman–Crippen LogP) is 5.04. The first-order chi connectivity index (χ1) is 12.9. The molecule has 142 valence electrons. The third kappa shape index (κ3) is 4.73. The van der Waals surface area contributed by atoms with Gasteiger partial charge in [0.2, 0.25) is 0 Å². The first kappa shape index (κ1) is 19.5. The first-order valence-electron chi connectivity index (χ1n) is 8.37. The van der Waals surface area contributed by atoms with Crippen LogP contribution in [0.5, 0.6) is 0 Å². The summed E-state index contributed by atoms with van der Waals surface area (Å²) in [5.74, 6) is 0.643. The Labute approximate surface area is 159 Å². The van der Waals surface area contributed by atoms with Gasteiger partial charge < -0.3 is 9.67 Å². The third-order valence-corrected chi connectivity index (χ3v) is 5.23. The molecule has 7 heteroatoms. The number of hydrogen-bond acceptors (Lipinski definition) is 3. The van der Waals surface area contributed by atoms with Crippen molar-refractivity contribution in [1.82, 2.24) is 9.55 Å². The van der Waals surface area contributed by atoms with Crippen molar-refractivity contribution in [2.24, 2.45) is 0 Å². The second-order valence-electron chi connectivity index (χ2n) is 6.21. The lowest BCUT2D eigenvalue weighted by molar-refractivity contribution is -0.138. The summed E-state index contributed by atoms with van der Waals surface area (Å²) >= 11 is 1.44. The third-order valence-electron chi connectivity index (χ3n) is 4.17. The van der Waals surface area contributed by atoms with Gasteiger partial charge in [-0.15, -0.1) is 0 Å². The highest BCUT2D eigenvalue weighted by Gasteiger charge is 2.33. The molecule has 0 amide bonds. The molecule has 0 fully saturated rings. The number of hydrogen-bond donors (Lipinski definition) is 1. The number of nitrogens with zero attached hydrogens (tertiary/aromatic N) is 2. The Hall–Kier alpha value is -2.25. The number of aromatic nitrogens is 2. The number of halogens is 3. The summed E-state index contributed by atoms with van der Waals surface area (Å²) < 4.78 is 41.5. The fourth-order valence-corrected chi connectivity index (χ4v) is 3.80. The van der Waals surface area contributed by atoms with E-state index in [0.717, 1.165) is 17.2 Å². The van der Waals surface area contributed by atoms with Crippen molar-refractivity contribution >= 4 is 11.8 Å².